The van der Waals surface area contributed by atoms with Gasteiger partial charge in [0.2, 0.25) is 0 Å². The third kappa shape index (κ3) is 4.33. The zero-order chi connectivity index (χ0) is 13.5. The fourth-order valence-electron chi connectivity index (χ4n) is 2.13. The lowest BCUT2D eigenvalue weighted by Crippen LogP contribution is -2.33. The maximum atomic E-state index is 5.93. The van der Waals surface area contributed by atoms with E-state index < -0.39 is 0 Å². The molecule has 2 aromatic heterocycles. The molecule has 2 aromatic rings. The third-order valence-electron chi connectivity index (χ3n) is 3.10. The number of rotatable bonds is 7. The number of nitrogens with one attached hydrogen (secondary N) is 1. The SMILES string of the molecule is CCCNC(Cc1cccs1)Cc1cccnc1N. The lowest BCUT2D eigenvalue weighted by molar-refractivity contribution is 0.507. The number of nitrogen functional groups attached to an aromatic ring is 1. The molecule has 0 aliphatic carbocycles. The maximum Gasteiger partial charge on any atom is 0.126 e. The number of hydrogen-bond acceptors (Lipinski definition) is 4. The first-order valence-corrected chi connectivity index (χ1v) is 7.62. The topological polar surface area (TPSA) is 50.9 Å². The summed E-state index contributed by atoms with van der Waals surface area (Å²) in [5.41, 5.74) is 7.07. The van der Waals surface area contributed by atoms with E-state index in [0.29, 0.717) is 11.9 Å². The number of pyridine rings is 1. The highest BCUT2D eigenvalue weighted by Gasteiger charge is 2.12. The quantitative estimate of drug-likeness (QED) is 0.817. The van der Waals surface area contributed by atoms with Crippen molar-refractivity contribution >= 4 is 17.2 Å². The van der Waals surface area contributed by atoms with Gasteiger partial charge in [0, 0.05) is 17.1 Å². The van der Waals surface area contributed by atoms with Gasteiger partial charge >= 0.3 is 0 Å². The molecule has 19 heavy (non-hydrogen) atoms. The molecule has 1 atom stereocenters. The van der Waals surface area contributed by atoms with E-state index in [1.807, 2.05) is 17.4 Å². The van der Waals surface area contributed by atoms with Crippen LogP contribution in [0.4, 0.5) is 5.82 Å². The van der Waals surface area contributed by atoms with Gasteiger partial charge in [-0.05, 0) is 48.9 Å². The van der Waals surface area contributed by atoms with Crippen LogP contribution in [0.15, 0.2) is 35.8 Å². The Morgan fingerprint density at radius 1 is 1.32 bits per heavy atom. The van der Waals surface area contributed by atoms with E-state index in [0.717, 1.165) is 31.4 Å². The second kappa shape index (κ2) is 7.26. The molecular weight excluding hydrogens is 254 g/mol. The fraction of sp³-hybridized carbons (Fsp3) is 0.400. The summed E-state index contributed by atoms with van der Waals surface area (Å²) in [4.78, 5) is 5.58. The summed E-state index contributed by atoms with van der Waals surface area (Å²) in [6.45, 7) is 3.23. The van der Waals surface area contributed by atoms with Gasteiger partial charge in [-0.3, -0.25) is 0 Å². The molecule has 0 aromatic carbocycles. The van der Waals surface area contributed by atoms with E-state index in [1.54, 1.807) is 6.20 Å². The van der Waals surface area contributed by atoms with Gasteiger partial charge in [0.1, 0.15) is 5.82 Å². The summed E-state index contributed by atoms with van der Waals surface area (Å²) >= 11 is 1.81. The Hall–Kier alpha value is -1.39. The predicted molar refractivity (Wildman–Crippen MR) is 82.5 cm³/mol. The van der Waals surface area contributed by atoms with E-state index in [9.17, 15) is 0 Å². The fourth-order valence-corrected chi connectivity index (χ4v) is 2.91. The maximum absolute atomic E-state index is 5.93. The van der Waals surface area contributed by atoms with Crippen LogP contribution in [-0.4, -0.2) is 17.6 Å². The van der Waals surface area contributed by atoms with E-state index in [1.165, 1.54) is 4.88 Å². The van der Waals surface area contributed by atoms with Crippen LogP contribution in [-0.2, 0) is 12.8 Å². The predicted octanol–water partition coefficient (Wildman–Crippen LogP) is 2.88. The Balaban J connectivity index is 2.03. The molecule has 0 spiro atoms. The Bertz CT molecular complexity index is 482. The summed E-state index contributed by atoms with van der Waals surface area (Å²) in [5.74, 6) is 0.650. The van der Waals surface area contributed by atoms with E-state index in [4.69, 9.17) is 5.73 Å². The lowest BCUT2D eigenvalue weighted by Gasteiger charge is -2.18. The largest absolute Gasteiger partial charge is 0.383 e. The standard InChI is InChI=1S/C15H21N3S/c1-2-7-17-13(11-14-6-4-9-19-14)10-12-5-3-8-18-15(12)16/h3-6,8-9,13,17H,2,7,10-11H2,1H3,(H2,16,18). The van der Waals surface area contributed by atoms with Gasteiger partial charge in [-0.1, -0.05) is 19.1 Å². The van der Waals surface area contributed by atoms with Gasteiger partial charge in [0.15, 0.2) is 0 Å². The first-order valence-electron chi connectivity index (χ1n) is 6.74. The van der Waals surface area contributed by atoms with Crippen molar-refractivity contribution in [3.05, 3.63) is 46.3 Å². The van der Waals surface area contributed by atoms with Crippen LogP contribution in [0.5, 0.6) is 0 Å². The smallest absolute Gasteiger partial charge is 0.126 e. The number of nitrogens with two attached hydrogens (primary N) is 1. The molecule has 4 heteroatoms. The molecule has 0 saturated heterocycles. The van der Waals surface area contributed by atoms with Crippen LogP contribution in [0.3, 0.4) is 0 Å². The molecule has 2 heterocycles. The van der Waals surface area contributed by atoms with E-state index in [-0.39, 0.29) is 0 Å². The van der Waals surface area contributed by atoms with Crippen molar-refractivity contribution in [1.82, 2.24) is 10.3 Å². The Labute approximate surface area is 118 Å². The van der Waals surface area contributed by atoms with Crippen molar-refractivity contribution in [1.29, 1.82) is 0 Å². The highest BCUT2D eigenvalue weighted by Crippen LogP contribution is 2.16. The number of nitrogens with zero attached hydrogens (tertiary/aromatic N) is 1. The van der Waals surface area contributed by atoms with Crippen LogP contribution in [0.1, 0.15) is 23.8 Å². The van der Waals surface area contributed by atoms with Gasteiger partial charge in [-0.15, -0.1) is 11.3 Å². The summed E-state index contributed by atoms with van der Waals surface area (Å²) in [5, 5.41) is 5.74. The van der Waals surface area contributed by atoms with E-state index >= 15 is 0 Å². The van der Waals surface area contributed by atoms with Crippen molar-refractivity contribution in [3.63, 3.8) is 0 Å². The molecule has 1 unspecified atom stereocenters. The highest BCUT2D eigenvalue weighted by atomic mass is 32.1. The van der Waals surface area contributed by atoms with Crippen LogP contribution < -0.4 is 11.1 Å². The molecule has 3 N–H and O–H groups in total. The van der Waals surface area contributed by atoms with Crippen molar-refractivity contribution in [2.75, 3.05) is 12.3 Å². The van der Waals surface area contributed by atoms with Crippen LogP contribution in [0.2, 0.25) is 0 Å². The van der Waals surface area contributed by atoms with Crippen molar-refractivity contribution in [2.45, 2.75) is 32.2 Å². The molecule has 0 amide bonds. The molecule has 2 rings (SSSR count). The molecule has 0 bridgehead atoms. The molecule has 0 saturated carbocycles. The summed E-state index contributed by atoms with van der Waals surface area (Å²) < 4.78 is 0. The minimum atomic E-state index is 0.421. The van der Waals surface area contributed by atoms with Crippen LogP contribution in [0.25, 0.3) is 0 Å². The average molecular weight is 275 g/mol. The number of thiophene rings is 1. The van der Waals surface area contributed by atoms with Crippen LogP contribution >= 0.6 is 11.3 Å². The summed E-state index contributed by atoms with van der Waals surface area (Å²) in [6.07, 6.45) is 4.86. The average Bonchev–Trinajstić information content (AvgIpc) is 2.91. The second-order valence-electron chi connectivity index (χ2n) is 4.69. The van der Waals surface area contributed by atoms with Crippen molar-refractivity contribution < 1.29 is 0 Å². The van der Waals surface area contributed by atoms with E-state index in [2.05, 4.69) is 40.8 Å². The van der Waals surface area contributed by atoms with Gasteiger partial charge in [-0.2, -0.15) is 0 Å². The number of anilines is 1. The van der Waals surface area contributed by atoms with Gasteiger partial charge < -0.3 is 11.1 Å². The molecule has 0 aliphatic heterocycles. The third-order valence-corrected chi connectivity index (χ3v) is 4.00. The molecule has 102 valence electrons. The molecule has 3 nitrogen and oxygen atoms in total. The number of hydrogen-bond donors (Lipinski definition) is 2. The Kier molecular flexibility index (Phi) is 5.36. The normalized spacial score (nSPS) is 12.5. The minimum Gasteiger partial charge on any atom is -0.383 e. The highest BCUT2D eigenvalue weighted by molar-refractivity contribution is 7.09. The van der Waals surface area contributed by atoms with Gasteiger partial charge in [0.05, 0.1) is 0 Å². The van der Waals surface area contributed by atoms with Crippen molar-refractivity contribution in [2.24, 2.45) is 0 Å². The Morgan fingerprint density at radius 2 is 2.21 bits per heavy atom. The summed E-state index contributed by atoms with van der Waals surface area (Å²) in [6, 6.07) is 8.74. The van der Waals surface area contributed by atoms with Crippen molar-refractivity contribution in [3.8, 4) is 0 Å². The molecule has 0 radical (unpaired) electrons. The van der Waals surface area contributed by atoms with Crippen LogP contribution in [0, 0.1) is 0 Å². The first kappa shape index (κ1) is 14.0. The zero-order valence-electron chi connectivity index (χ0n) is 11.3. The van der Waals surface area contributed by atoms with Gasteiger partial charge in [0.25, 0.3) is 0 Å². The lowest BCUT2D eigenvalue weighted by atomic mass is 10.0. The van der Waals surface area contributed by atoms with Gasteiger partial charge in [-0.25, -0.2) is 4.98 Å². The molecule has 0 aliphatic rings. The Morgan fingerprint density at radius 3 is 2.89 bits per heavy atom. The molecular formula is C15H21N3S. The second-order valence-corrected chi connectivity index (χ2v) is 5.72. The monoisotopic (exact) mass is 275 g/mol. The minimum absolute atomic E-state index is 0.421. The number of aromatic nitrogens is 1. The summed E-state index contributed by atoms with van der Waals surface area (Å²) in [7, 11) is 0. The molecule has 0 fully saturated rings. The zero-order valence-corrected chi connectivity index (χ0v) is 12.1. The first-order chi connectivity index (χ1) is 9.29.